The van der Waals surface area contributed by atoms with E-state index < -0.39 is 0 Å². The number of fused-ring (bicyclic) bond motifs is 2. The van der Waals surface area contributed by atoms with E-state index in [1.54, 1.807) is 12.2 Å². The Kier molecular flexibility index (Phi) is 7.04. The van der Waals surface area contributed by atoms with Crippen molar-refractivity contribution in [3.05, 3.63) is 99.5 Å². The second-order valence-corrected chi connectivity index (χ2v) is 9.95. The molecule has 0 aromatic heterocycles. The van der Waals surface area contributed by atoms with Crippen LogP contribution in [0.5, 0.6) is 5.75 Å². The molecule has 6 nitrogen and oxygen atoms in total. The molecule has 1 aromatic carbocycles. The van der Waals surface area contributed by atoms with Gasteiger partial charge in [-0.2, -0.15) is 0 Å². The van der Waals surface area contributed by atoms with Gasteiger partial charge in [0.1, 0.15) is 36.6 Å². The maximum absolute atomic E-state index is 13.2. The van der Waals surface area contributed by atoms with Gasteiger partial charge in [0.15, 0.2) is 5.78 Å². The first-order chi connectivity index (χ1) is 18.7. The summed E-state index contributed by atoms with van der Waals surface area (Å²) in [6, 6.07) is 13.9. The van der Waals surface area contributed by atoms with Crippen molar-refractivity contribution in [3.63, 3.8) is 0 Å². The number of Topliss-reactive ketones (excluding diaryl/α,β-unsaturated/α-hetero) is 1. The summed E-state index contributed by atoms with van der Waals surface area (Å²) in [6.45, 7) is 12.7. The lowest BCUT2D eigenvalue weighted by Gasteiger charge is -2.30. The number of nitrogens with zero attached hydrogens (tertiary/aromatic N) is 2. The van der Waals surface area contributed by atoms with Crippen LogP contribution in [0.2, 0.25) is 0 Å². The first-order valence-corrected chi connectivity index (χ1v) is 13.5. The van der Waals surface area contributed by atoms with Gasteiger partial charge in [-0.3, -0.25) is 4.79 Å². The van der Waals surface area contributed by atoms with Crippen LogP contribution in [0.25, 0.3) is 23.0 Å². The Morgan fingerprint density at radius 3 is 2.41 bits per heavy atom. The minimum atomic E-state index is -0.250. The highest BCUT2D eigenvalue weighted by molar-refractivity contribution is 6.24. The molecule has 5 rings (SSSR count). The molecule has 0 N–H and O–H groups in total. The second kappa shape index (κ2) is 10.4. The Bertz CT molecular complexity index is 1640. The predicted molar refractivity (Wildman–Crippen MR) is 154 cm³/mol. The van der Waals surface area contributed by atoms with Crippen LogP contribution in [0.4, 0.5) is 5.69 Å². The monoisotopic (exact) mass is 522 g/mol. The molecular formula is C33H34N2O4. The molecule has 4 aliphatic rings. The molecule has 39 heavy (non-hydrogen) atoms. The van der Waals surface area contributed by atoms with Gasteiger partial charge in [0.05, 0.1) is 6.07 Å². The summed E-state index contributed by atoms with van der Waals surface area (Å²) in [5.41, 5.74) is 4.76. The third-order valence-corrected chi connectivity index (χ3v) is 7.43. The number of rotatable bonds is 6. The molecule has 0 radical (unpaired) electrons. The average molecular weight is 523 g/mol. The van der Waals surface area contributed by atoms with Gasteiger partial charge in [-0.1, -0.05) is 5.76 Å². The van der Waals surface area contributed by atoms with Crippen molar-refractivity contribution >= 4 is 23.1 Å². The van der Waals surface area contributed by atoms with Crippen LogP contribution < -0.4 is 24.7 Å². The van der Waals surface area contributed by atoms with Gasteiger partial charge in [-0.05, 0) is 88.2 Å². The van der Waals surface area contributed by atoms with Gasteiger partial charge < -0.3 is 19.2 Å². The normalized spacial score (nSPS) is 17.7. The number of hydrogen-bond acceptors (Lipinski definition) is 5. The largest absolute Gasteiger partial charge is 0.871 e. The molecule has 0 atom stereocenters. The van der Waals surface area contributed by atoms with Crippen LogP contribution in [-0.4, -0.2) is 32.5 Å². The molecule has 0 saturated heterocycles. The Morgan fingerprint density at radius 2 is 1.72 bits per heavy atom. The minimum absolute atomic E-state index is 0.188. The number of anilines is 1. The highest BCUT2D eigenvalue weighted by Gasteiger charge is 2.28. The van der Waals surface area contributed by atoms with Crippen molar-refractivity contribution < 1.29 is 19.1 Å². The van der Waals surface area contributed by atoms with Crippen LogP contribution in [-0.2, 0) is 4.79 Å². The molecule has 0 amide bonds. The third kappa shape index (κ3) is 4.83. The molecule has 0 spiro atoms. The van der Waals surface area contributed by atoms with Crippen LogP contribution in [0.15, 0.2) is 81.7 Å². The fourth-order valence-electron chi connectivity index (χ4n) is 5.12. The summed E-state index contributed by atoms with van der Waals surface area (Å²) in [4.78, 5) is 15.5. The number of benzene rings is 2. The van der Waals surface area contributed by atoms with Crippen molar-refractivity contribution in [1.82, 2.24) is 4.58 Å². The number of ether oxygens (including phenoxy) is 1. The fraction of sp³-hybridized carbons (Fsp3) is 0.273. The van der Waals surface area contributed by atoms with Gasteiger partial charge in [0.2, 0.25) is 5.36 Å². The smallest absolute Gasteiger partial charge is 0.203 e. The van der Waals surface area contributed by atoms with Gasteiger partial charge in [-0.25, -0.2) is 4.58 Å². The highest BCUT2D eigenvalue weighted by atomic mass is 16.5. The Hall–Kier alpha value is -4.32. The average Bonchev–Trinajstić information content (AvgIpc) is 2.93. The fourth-order valence-corrected chi connectivity index (χ4v) is 5.12. The SMILES string of the molecule is CCN(CC)c1ccc2c(c1)OC(C)=C/C2=C\C1=C([O-])C(=Cc2cc(C)oc3cc(=[N+](C)CC)ccc2-3)C1=O. The second-order valence-electron chi connectivity index (χ2n) is 9.95. The maximum Gasteiger partial charge on any atom is 0.203 e. The number of ketones is 1. The molecule has 0 fully saturated rings. The zero-order valence-electron chi connectivity index (χ0n) is 23.4. The van der Waals surface area contributed by atoms with E-state index in [2.05, 4.69) is 36.3 Å². The van der Waals surface area contributed by atoms with Gasteiger partial charge in [-0.15, -0.1) is 0 Å². The molecule has 6 heteroatoms. The number of carbonyl (C=O) groups excluding carboxylic acids is 1. The van der Waals surface area contributed by atoms with E-state index in [0.29, 0.717) is 17.3 Å². The standard InChI is InChI=1S/C33H34N2O4/c1-7-34(6)24-10-12-26-22(14-20(4)38-30(26)18-24)16-28-32(36)29(33(28)37)17-23-15-21(5)39-31-19-25(11-13-27(23)31)35(8-2)9-3/h10-19H,7-9H2,1-6H3. The van der Waals surface area contributed by atoms with Gasteiger partial charge in [0.25, 0.3) is 0 Å². The third-order valence-electron chi connectivity index (χ3n) is 7.43. The number of hydrogen-bond donors (Lipinski definition) is 0. The first-order valence-electron chi connectivity index (χ1n) is 13.5. The summed E-state index contributed by atoms with van der Waals surface area (Å²) >= 11 is 0. The highest BCUT2D eigenvalue weighted by Crippen LogP contribution is 2.40. The van der Waals surface area contributed by atoms with Crippen LogP contribution in [0, 0.1) is 6.92 Å². The molecule has 2 heterocycles. The quantitative estimate of drug-likeness (QED) is 0.340. The Labute approximate surface area is 229 Å². The van der Waals surface area contributed by atoms with Crippen molar-refractivity contribution in [1.29, 1.82) is 0 Å². The Balaban J connectivity index is 1.53. The van der Waals surface area contributed by atoms with E-state index in [1.165, 1.54) is 0 Å². The maximum atomic E-state index is 13.2. The first kappa shape index (κ1) is 26.3. The van der Waals surface area contributed by atoms with Crippen molar-refractivity contribution in [2.24, 2.45) is 0 Å². The van der Waals surface area contributed by atoms with E-state index >= 15 is 0 Å². The summed E-state index contributed by atoms with van der Waals surface area (Å²) in [5, 5.41) is 14.3. The summed E-state index contributed by atoms with van der Waals surface area (Å²) in [6.07, 6.45) is 5.26. The molecule has 1 aromatic rings. The molecule has 2 aliphatic heterocycles. The van der Waals surface area contributed by atoms with Crippen molar-refractivity contribution in [2.75, 3.05) is 31.6 Å². The van der Waals surface area contributed by atoms with E-state index in [4.69, 9.17) is 9.15 Å². The zero-order valence-corrected chi connectivity index (χ0v) is 23.4. The number of aryl methyl sites for hydroxylation is 1. The number of allylic oxidation sites excluding steroid dienone is 6. The Morgan fingerprint density at radius 1 is 0.974 bits per heavy atom. The zero-order chi connectivity index (χ0) is 27.8. The lowest BCUT2D eigenvalue weighted by Crippen LogP contribution is -2.29. The van der Waals surface area contributed by atoms with E-state index in [9.17, 15) is 9.90 Å². The van der Waals surface area contributed by atoms with Crippen LogP contribution in [0.3, 0.4) is 0 Å². The van der Waals surface area contributed by atoms with E-state index in [1.807, 2.05) is 63.4 Å². The topological polar surface area (TPSA) is 68.8 Å². The lowest BCUT2D eigenvalue weighted by atomic mass is 9.84. The van der Waals surface area contributed by atoms with E-state index in [-0.39, 0.29) is 22.7 Å². The van der Waals surface area contributed by atoms with Gasteiger partial charge >= 0.3 is 0 Å². The van der Waals surface area contributed by atoms with Crippen LogP contribution >= 0.6 is 0 Å². The molecule has 0 unspecified atom stereocenters. The molecule has 0 bridgehead atoms. The summed E-state index contributed by atoms with van der Waals surface area (Å²) in [7, 11) is 2.02. The lowest BCUT2D eigenvalue weighted by molar-refractivity contribution is -0.300. The molecule has 0 saturated carbocycles. The predicted octanol–water partition coefficient (Wildman–Crippen LogP) is 4.92. The van der Waals surface area contributed by atoms with Crippen molar-refractivity contribution in [2.45, 2.75) is 34.6 Å². The summed E-state index contributed by atoms with van der Waals surface area (Å²) in [5.74, 6) is 2.36. The molecule has 200 valence electrons. The molecule has 2 aliphatic carbocycles. The van der Waals surface area contributed by atoms with Crippen LogP contribution in [0.1, 0.15) is 44.6 Å². The van der Waals surface area contributed by atoms with Crippen molar-refractivity contribution in [3.8, 4) is 17.1 Å². The van der Waals surface area contributed by atoms with E-state index in [0.717, 1.165) is 58.7 Å². The molecular weight excluding hydrogens is 488 g/mol. The number of carbonyl (C=O) groups is 1. The van der Waals surface area contributed by atoms with Gasteiger partial charge in [0, 0.05) is 53.2 Å². The summed E-state index contributed by atoms with van der Waals surface area (Å²) < 4.78 is 14.1. The minimum Gasteiger partial charge on any atom is -0.871 e.